The predicted octanol–water partition coefficient (Wildman–Crippen LogP) is 2.77. The van der Waals surface area contributed by atoms with Crippen molar-refractivity contribution in [1.29, 1.82) is 0 Å². The van der Waals surface area contributed by atoms with E-state index in [0.29, 0.717) is 13.1 Å². The van der Waals surface area contributed by atoms with Crippen LogP contribution in [0.2, 0.25) is 0 Å². The Morgan fingerprint density at radius 2 is 1.79 bits per heavy atom. The lowest BCUT2D eigenvalue weighted by molar-refractivity contribution is -0.123. The molecule has 5 heteroatoms. The third-order valence-electron chi connectivity index (χ3n) is 3.77. The average molecular weight is 328 g/mol. The normalized spacial score (nSPS) is 11.8. The topological polar surface area (TPSA) is 73.6 Å². The lowest BCUT2D eigenvalue weighted by atomic mass is 10.1. The Labute approximate surface area is 142 Å². The number of amides is 1. The number of carbonyl (C=O) groups excluding carboxylic acids is 1. The Bertz CT molecular complexity index is 669. The highest BCUT2D eigenvalue weighted by molar-refractivity contribution is 5.76. The van der Waals surface area contributed by atoms with Crippen molar-refractivity contribution in [2.75, 3.05) is 13.7 Å². The van der Waals surface area contributed by atoms with E-state index in [-0.39, 0.29) is 18.4 Å². The zero-order valence-corrected chi connectivity index (χ0v) is 14.1. The van der Waals surface area contributed by atoms with Gasteiger partial charge in [-0.2, -0.15) is 0 Å². The van der Waals surface area contributed by atoms with Gasteiger partial charge in [-0.05, 0) is 24.6 Å². The molecule has 1 unspecified atom stereocenters. The maximum atomic E-state index is 12.0. The molecular weight excluding hydrogens is 304 g/mol. The van der Waals surface area contributed by atoms with Gasteiger partial charge in [0.05, 0.1) is 12.5 Å². The highest BCUT2D eigenvalue weighted by atomic mass is 16.5. The molecule has 0 saturated carbocycles. The lowest BCUT2D eigenvalue weighted by Gasteiger charge is -2.15. The number of para-hydroxylation sites is 2. The highest BCUT2D eigenvalue weighted by Crippen LogP contribution is 2.27. The van der Waals surface area contributed by atoms with Gasteiger partial charge in [-0.25, -0.2) is 0 Å². The Kier molecular flexibility index (Phi) is 6.78. The summed E-state index contributed by atoms with van der Waals surface area (Å²) in [6.07, 6.45) is -0.0168. The molecule has 2 aromatic rings. The van der Waals surface area contributed by atoms with Crippen molar-refractivity contribution in [2.24, 2.45) is 5.73 Å². The number of nitrogens with one attached hydrogen (secondary N) is 1. The number of hydrogen-bond acceptors (Lipinski definition) is 4. The second-order valence-corrected chi connectivity index (χ2v) is 5.55. The minimum Gasteiger partial charge on any atom is -0.457 e. The summed E-state index contributed by atoms with van der Waals surface area (Å²) >= 11 is 0. The van der Waals surface area contributed by atoms with Crippen molar-refractivity contribution in [3.8, 4) is 11.5 Å². The van der Waals surface area contributed by atoms with E-state index in [4.69, 9.17) is 15.2 Å². The van der Waals surface area contributed by atoms with Gasteiger partial charge in [0.1, 0.15) is 11.5 Å². The van der Waals surface area contributed by atoms with Gasteiger partial charge < -0.3 is 20.5 Å². The van der Waals surface area contributed by atoms with Crippen LogP contribution in [0.25, 0.3) is 0 Å². The fourth-order valence-electron chi connectivity index (χ4n) is 2.27. The monoisotopic (exact) mass is 328 g/mol. The number of hydrogen-bond donors (Lipinski definition) is 2. The van der Waals surface area contributed by atoms with Crippen molar-refractivity contribution < 1.29 is 14.3 Å². The zero-order valence-electron chi connectivity index (χ0n) is 14.1. The molecular formula is C19H24N2O3. The van der Waals surface area contributed by atoms with E-state index >= 15 is 0 Å². The second-order valence-electron chi connectivity index (χ2n) is 5.55. The first-order chi connectivity index (χ1) is 11.6. The fraction of sp³-hybridized carbons (Fsp3) is 0.316. The molecule has 0 heterocycles. The van der Waals surface area contributed by atoms with E-state index in [1.165, 1.54) is 0 Å². The number of benzene rings is 2. The first kappa shape index (κ1) is 18.0. The van der Waals surface area contributed by atoms with Gasteiger partial charge in [0, 0.05) is 25.8 Å². The summed E-state index contributed by atoms with van der Waals surface area (Å²) in [5.41, 5.74) is 7.51. The van der Waals surface area contributed by atoms with Crippen LogP contribution < -0.4 is 15.8 Å². The maximum absolute atomic E-state index is 12.0. The quantitative estimate of drug-likeness (QED) is 0.781. The van der Waals surface area contributed by atoms with Crippen LogP contribution in [0.4, 0.5) is 0 Å². The van der Waals surface area contributed by atoms with Crippen LogP contribution in [0, 0.1) is 6.92 Å². The van der Waals surface area contributed by atoms with Crippen LogP contribution in [-0.2, 0) is 16.1 Å². The van der Waals surface area contributed by atoms with E-state index in [2.05, 4.69) is 5.32 Å². The fourth-order valence-corrected chi connectivity index (χ4v) is 2.27. The molecule has 0 aliphatic rings. The summed E-state index contributed by atoms with van der Waals surface area (Å²) in [6.45, 7) is 2.70. The number of nitrogens with two attached hydrogens (primary N) is 1. The molecule has 128 valence electrons. The summed E-state index contributed by atoms with van der Waals surface area (Å²) in [5, 5.41) is 2.88. The molecule has 5 nitrogen and oxygen atoms in total. The van der Waals surface area contributed by atoms with Gasteiger partial charge >= 0.3 is 0 Å². The van der Waals surface area contributed by atoms with Crippen LogP contribution in [0.5, 0.6) is 11.5 Å². The van der Waals surface area contributed by atoms with E-state index in [9.17, 15) is 4.79 Å². The molecule has 0 radical (unpaired) electrons. The highest BCUT2D eigenvalue weighted by Gasteiger charge is 2.12. The van der Waals surface area contributed by atoms with Crippen molar-refractivity contribution in [3.05, 3.63) is 59.7 Å². The Hall–Kier alpha value is -2.37. The number of methoxy groups -OCH3 is 1. The summed E-state index contributed by atoms with van der Waals surface area (Å²) in [4.78, 5) is 12.0. The third kappa shape index (κ3) is 5.08. The number of ether oxygens (including phenoxy) is 2. The van der Waals surface area contributed by atoms with Crippen LogP contribution in [0.3, 0.4) is 0 Å². The number of carbonyl (C=O) groups is 1. The van der Waals surface area contributed by atoms with Crippen LogP contribution in [-0.4, -0.2) is 25.7 Å². The first-order valence-electron chi connectivity index (χ1n) is 7.95. The van der Waals surface area contributed by atoms with Gasteiger partial charge in [-0.1, -0.05) is 36.4 Å². The molecule has 0 aromatic heterocycles. The zero-order chi connectivity index (χ0) is 17.4. The van der Waals surface area contributed by atoms with Gasteiger partial charge in [0.15, 0.2) is 0 Å². The number of aryl methyl sites for hydroxylation is 1. The van der Waals surface area contributed by atoms with Crippen molar-refractivity contribution in [1.82, 2.24) is 5.32 Å². The standard InChI is InChI=1S/C19H24N2O3/c1-14-7-3-5-9-17(14)24-18-10-6-4-8-15(18)13-21-19(22)11-16(12-20)23-2/h3-10,16H,11-13,20H2,1-2H3,(H,21,22). The summed E-state index contributed by atoms with van der Waals surface area (Å²) < 4.78 is 11.1. The molecule has 24 heavy (non-hydrogen) atoms. The van der Waals surface area contributed by atoms with E-state index in [0.717, 1.165) is 22.6 Å². The molecule has 3 N–H and O–H groups in total. The first-order valence-corrected chi connectivity index (χ1v) is 7.95. The van der Waals surface area contributed by atoms with Crippen LogP contribution in [0.15, 0.2) is 48.5 Å². The molecule has 1 amide bonds. The Morgan fingerprint density at radius 3 is 2.46 bits per heavy atom. The molecule has 1 atom stereocenters. The second kappa shape index (κ2) is 9.05. The molecule has 0 aliphatic carbocycles. The van der Waals surface area contributed by atoms with Crippen molar-refractivity contribution in [3.63, 3.8) is 0 Å². The molecule has 0 spiro atoms. The van der Waals surface area contributed by atoms with Crippen molar-refractivity contribution in [2.45, 2.75) is 26.0 Å². The lowest BCUT2D eigenvalue weighted by Crippen LogP contribution is -2.31. The van der Waals surface area contributed by atoms with Crippen molar-refractivity contribution >= 4 is 5.91 Å². The van der Waals surface area contributed by atoms with Crippen LogP contribution in [0.1, 0.15) is 17.5 Å². The van der Waals surface area contributed by atoms with Gasteiger partial charge in [0.25, 0.3) is 0 Å². The summed E-state index contributed by atoms with van der Waals surface area (Å²) in [5.74, 6) is 1.44. The summed E-state index contributed by atoms with van der Waals surface area (Å²) in [7, 11) is 1.55. The molecule has 0 fully saturated rings. The maximum Gasteiger partial charge on any atom is 0.222 e. The van der Waals surface area contributed by atoms with Gasteiger partial charge in [-0.15, -0.1) is 0 Å². The predicted molar refractivity (Wildman–Crippen MR) is 94.0 cm³/mol. The smallest absolute Gasteiger partial charge is 0.222 e. The third-order valence-corrected chi connectivity index (χ3v) is 3.77. The Balaban J connectivity index is 2.01. The average Bonchev–Trinajstić information content (AvgIpc) is 2.61. The van der Waals surface area contributed by atoms with E-state index in [1.807, 2.05) is 55.5 Å². The van der Waals surface area contributed by atoms with E-state index < -0.39 is 0 Å². The number of rotatable bonds is 8. The van der Waals surface area contributed by atoms with Gasteiger partial charge in [-0.3, -0.25) is 4.79 Å². The summed E-state index contributed by atoms with van der Waals surface area (Å²) in [6, 6.07) is 15.5. The Morgan fingerprint density at radius 1 is 1.12 bits per heavy atom. The van der Waals surface area contributed by atoms with Crippen LogP contribution >= 0.6 is 0 Å². The van der Waals surface area contributed by atoms with Gasteiger partial charge in [0.2, 0.25) is 5.91 Å². The molecule has 2 aromatic carbocycles. The SMILES string of the molecule is COC(CN)CC(=O)NCc1ccccc1Oc1ccccc1C. The van der Waals surface area contributed by atoms with E-state index in [1.54, 1.807) is 7.11 Å². The molecule has 2 rings (SSSR count). The largest absolute Gasteiger partial charge is 0.457 e. The minimum absolute atomic E-state index is 0.0991. The molecule has 0 saturated heterocycles. The minimum atomic E-state index is -0.261. The molecule has 0 aliphatic heterocycles. The molecule has 0 bridgehead atoms.